The number of hydrogen-bond donors (Lipinski definition) is 4. The van der Waals surface area contributed by atoms with Crippen molar-refractivity contribution in [2.24, 2.45) is 0 Å². The highest BCUT2D eigenvalue weighted by Gasteiger charge is 2.19. The van der Waals surface area contributed by atoms with Gasteiger partial charge < -0.3 is 26.6 Å². The second kappa shape index (κ2) is 11.1. The Morgan fingerprint density at radius 2 is 1.60 bits per heavy atom. The molecule has 5 aromatic rings. The molecule has 3 aromatic carbocycles. The number of hydrogen-bond acceptors (Lipinski definition) is 6. The number of pyridine rings is 1. The van der Waals surface area contributed by atoms with E-state index in [0.29, 0.717) is 22.8 Å². The van der Waals surface area contributed by atoms with Gasteiger partial charge in [-0.15, -0.1) is 11.3 Å². The van der Waals surface area contributed by atoms with E-state index in [9.17, 15) is 9.59 Å². The van der Waals surface area contributed by atoms with Gasteiger partial charge in [-0.1, -0.05) is 30.3 Å². The summed E-state index contributed by atoms with van der Waals surface area (Å²) in [6.07, 6.45) is 1.60. The fourth-order valence-electron chi connectivity index (χ4n) is 4.53. The molecule has 0 atom stereocenters. The quantitative estimate of drug-likeness (QED) is 0.180. The van der Waals surface area contributed by atoms with Crippen molar-refractivity contribution in [2.75, 3.05) is 40.7 Å². The molecule has 0 saturated heterocycles. The molecule has 40 heavy (non-hydrogen) atoms. The molecule has 0 fully saturated rings. The average molecular weight is 551 g/mol. The fraction of sp³-hybridized carbons (Fsp3) is 0.129. The maximum Gasteiger partial charge on any atom is 0.323 e. The first-order valence-corrected chi connectivity index (χ1v) is 13.5. The monoisotopic (exact) mass is 550 g/mol. The van der Waals surface area contributed by atoms with Gasteiger partial charge in [0.1, 0.15) is 5.82 Å². The zero-order chi connectivity index (χ0) is 28.4. The maximum atomic E-state index is 13.1. The van der Waals surface area contributed by atoms with Crippen LogP contribution in [0.5, 0.6) is 0 Å². The van der Waals surface area contributed by atoms with Crippen LogP contribution in [0, 0.1) is 13.8 Å². The molecule has 5 rings (SSSR count). The largest absolute Gasteiger partial charge is 0.383 e. The SMILES string of the molecule is Cc1cccc(NC(=O)Nc2ccc(-c3c(C)sc4c(NC(=O)c5cccc(N(C)C)c5)cnc(N)c34)cc2)c1. The van der Waals surface area contributed by atoms with Crippen molar-refractivity contribution in [3.63, 3.8) is 0 Å². The third-order valence-corrected chi connectivity index (χ3v) is 7.64. The van der Waals surface area contributed by atoms with Crippen molar-refractivity contribution in [3.05, 3.63) is 95.0 Å². The standard InChI is InChI=1S/C31H30N6O2S/c1-18-7-5-9-23(15-18)35-31(39)34-22-13-11-20(12-14-22)26-19(2)40-28-25(17-33-29(32)27(26)28)36-30(38)21-8-6-10-24(16-21)37(3)4/h5-17H,1-4H3,(H2,32,33)(H,36,38)(H2,34,35,39). The lowest BCUT2D eigenvalue weighted by Crippen LogP contribution is -2.19. The summed E-state index contributed by atoms with van der Waals surface area (Å²) in [6, 6.07) is 22.3. The molecule has 202 valence electrons. The van der Waals surface area contributed by atoms with Gasteiger partial charge in [-0.05, 0) is 67.4 Å². The Balaban J connectivity index is 1.39. The number of nitrogen functional groups attached to an aromatic ring is 1. The van der Waals surface area contributed by atoms with Crippen LogP contribution in [0.25, 0.3) is 21.2 Å². The summed E-state index contributed by atoms with van der Waals surface area (Å²) in [6.45, 7) is 3.99. The summed E-state index contributed by atoms with van der Waals surface area (Å²) in [7, 11) is 3.87. The van der Waals surface area contributed by atoms with Crippen molar-refractivity contribution in [1.29, 1.82) is 0 Å². The van der Waals surface area contributed by atoms with Crippen LogP contribution in [0.1, 0.15) is 20.8 Å². The number of aromatic nitrogens is 1. The Hall–Kier alpha value is -4.89. The maximum absolute atomic E-state index is 13.1. The summed E-state index contributed by atoms with van der Waals surface area (Å²) in [5.74, 6) is 0.172. The molecule has 0 radical (unpaired) electrons. The highest BCUT2D eigenvalue weighted by Crippen LogP contribution is 2.44. The Kier molecular flexibility index (Phi) is 7.39. The first kappa shape index (κ1) is 26.7. The number of fused-ring (bicyclic) bond motifs is 1. The molecule has 8 nitrogen and oxygen atoms in total. The van der Waals surface area contributed by atoms with Crippen LogP contribution in [0.2, 0.25) is 0 Å². The van der Waals surface area contributed by atoms with Crippen LogP contribution in [0.15, 0.2) is 79.0 Å². The Labute approximate surface area is 236 Å². The zero-order valence-electron chi connectivity index (χ0n) is 22.7. The molecule has 0 unspecified atom stereocenters. The summed E-state index contributed by atoms with van der Waals surface area (Å²) in [5.41, 5.74) is 12.8. The van der Waals surface area contributed by atoms with Gasteiger partial charge in [0, 0.05) is 52.5 Å². The van der Waals surface area contributed by atoms with Crippen LogP contribution in [-0.4, -0.2) is 31.0 Å². The summed E-state index contributed by atoms with van der Waals surface area (Å²) >= 11 is 1.55. The molecule has 9 heteroatoms. The molecule has 0 aliphatic rings. The summed E-state index contributed by atoms with van der Waals surface area (Å²) < 4.78 is 0.858. The van der Waals surface area contributed by atoms with Gasteiger partial charge in [-0.2, -0.15) is 0 Å². The lowest BCUT2D eigenvalue weighted by Gasteiger charge is -2.14. The van der Waals surface area contributed by atoms with E-state index in [0.717, 1.165) is 43.0 Å². The molecule has 0 bridgehead atoms. The lowest BCUT2D eigenvalue weighted by atomic mass is 10.0. The molecular formula is C31H30N6O2S. The van der Waals surface area contributed by atoms with Crippen molar-refractivity contribution in [1.82, 2.24) is 4.98 Å². The van der Waals surface area contributed by atoms with Gasteiger partial charge in [0.25, 0.3) is 5.91 Å². The minimum Gasteiger partial charge on any atom is -0.383 e. The van der Waals surface area contributed by atoms with E-state index in [2.05, 4.69) is 20.9 Å². The van der Waals surface area contributed by atoms with Gasteiger partial charge in [-0.25, -0.2) is 9.78 Å². The lowest BCUT2D eigenvalue weighted by molar-refractivity contribution is 0.102. The first-order valence-electron chi connectivity index (χ1n) is 12.7. The fourth-order valence-corrected chi connectivity index (χ4v) is 5.68. The number of carbonyl (C=O) groups excluding carboxylic acids is 2. The van der Waals surface area contributed by atoms with Gasteiger partial charge in [-0.3, -0.25) is 4.79 Å². The zero-order valence-corrected chi connectivity index (χ0v) is 23.5. The van der Waals surface area contributed by atoms with E-state index in [1.807, 2.05) is 99.6 Å². The third-order valence-electron chi connectivity index (χ3n) is 6.50. The molecule has 0 aliphatic carbocycles. The van der Waals surface area contributed by atoms with E-state index in [1.165, 1.54) is 0 Å². The minimum atomic E-state index is -0.319. The Morgan fingerprint density at radius 1 is 0.875 bits per heavy atom. The molecule has 2 aromatic heterocycles. The van der Waals surface area contributed by atoms with E-state index < -0.39 is 0 Å². The van der Waals surface area contributed by atoms with Crippen LogP contribution >= 0.6 is 11.3 Å². The predicted octanol–water partition coefficient (Wildman–Crippen LogP) is 7.12. The van der Waals surface area contributed by atoms with Crippen LogP contribution in [0.3, 0.4) is 0 Å². The van der Waals surface area contributed by atoms with Gasteiger partial charge in [0.15, 0.2) is 0 Å². The average Bonchev–Trinajstić information content (AvgIpc) is 3.28. The van der Waals surface area contributed by atoms with E-state index in [4.69, 9.17) is 5.73 Å². The number of carbonyl (C=O) groups is 2. The number of aryl methyl sites for hydroxylation is 2. The smallest absolute Gasteiger partial charge is 0.323 e. The summed E-state index contributed by atoms with van der Waals surface area (Å²) in [4.78, 5) is 33.0. The van der Waals surface area contributed by atoms with Gasteiger partial charge in [0.05, 0.1) is 16.6 Å². The first-order chi connectivity index (χ1) is 19.2. The highest BCUT2D eigenvalue weighted by molar-refractivity contribution is 7.20. The number of nitrogens with one attached hydrogen (secondary N) is 3. The topological polar surface area (TPSA) is 112 Å². The molecular weight excluding hydrogens is 520 g/mol. The number of nitrogens with two attached hydrogens (primary N) is 1. The van der Waals surface area contributed by atoms with Crippen LogP contribution in [-0.2, 0) is 0 Å². The van der Waals surface area contributed by atoms with E-state index in [-0.39, 0.29) is 11.9 Å². The number of anilines is 5. The number of nitrogens with zero attached hydrogens (tertiary/aromatic N) is 2. The number of amides is 3. The third kappa shape index (κ3) is 5.60. The van der Waals surface area contributed by atoms with Crippen molar-refractivity contribution in [2.45, 2.75) is 13.8 Å². The summed E-state index contributed by atoms with van der Waals surface area (Å²) in [5, 5.41) is 9.53. The van der Waals surface area contributed by atoms with Gasteiger partial charge >= 0.3 is 6.03 Å². The molecule has 0 aliphatic heterocycles. The van der Waals surface area contributed by atoms with E-state index in [1.54, 1.807) is 23.6 Å². The molecule has 0 spiro atoms. The van der Waals surface area contributed by atoms with Crippen molar-refractivity contribution in [3.8, 4) is 11.1 Å². The molecule has 0 saturated carbocycles. The van der Waals surface area contributed by atoms with Crippen LogP contribution in [0.4, 0.5) is 33.4 Å². The second-order valence-electron chi connectivity index (χ2n) is 9.72. The highest BCUT2D eigenvalue weighted by atomic mass is 32.1. The van der Waals surface area contributed by atoms with Gasteiger partial charge in [0.2, 0.25) is 0 Å². The molecule has 5 N–H and O–H groups in total. The number of rotatable bonds is 6. The Bertz CT molecular complexity index is 1730. The van der Waals surface area contributed by atoms with E-state index >= 15 is 0 Å². The normalized spacial score (nSPS) is 10.8. The van der Waals surface area contributed by atoms with Crippen molar-refractivity contribution < 1.29 is 9.59 Å². The second-order valence-corrected chi connectivity index (χ2v) is 10.9. The predicted molar refractivity (Wildman–Crippen MR) is 167 cm³/mol. The number of benzene rings is 3. The van der Waals surface area contributed by atoms with Crippen molar-refractivity contribution >= 4 is 61.9 Å². The van der Waals surface area contributed by atoms with Crippen LogP contribution < -0.4 is 26.6 Å². The number of thiophene rings is 1. The minimum absolute atomic E-state index is 0.219. The number of urea groups is 1. The Morgan fingerprint density at radius 3 is 2.33 bits per heavy atom. The molecule has 2 heterocycles. The molecule has 3 amide bonds.